The van der Waals surface area contributed by atoms with Crippen LogP contribution in [-0.2, 0) is 6.54 Å². The maximum Gasteiger partial charge on any atom is 0.123 e. The van der Waals surface area contributed by atoms with Gasteiger partial charge in [0.1, 0.15) is 5.75 Å². The van der Waals surface area contributed by atoms with E-state index >= 15 is 0 Å². The highest BCUT2D eigenvalue weighted by molar-refractivity contribution is 9.10. The molecule has 1 N–H and O–H groups in total. The van der Waals surface area contributed by atoms with E-state index in [9.17, 15) is 0 Å². The molecule has 2 rings (SSSR count). The number of nitrogens with one attached hydrogen (secondary N) is 1. The summed E-state index contributed by atoms with van der Waals surface area (Å²) in [5.41, 5.74) is 1.25. The zero-order chi connectivity index (χ0) is 14.4. The summed E-state index contributed by atoms with van der Waals surface area (Å²) in [6.07, 6.45) is 6.61. The van der Waals surface area contributed by atoms with Gasteiger partial charge < -0.3 is 10.1 Å². The largest absolute Gasteiger partial charge is 0.493 e. The third kappa shape index (κ3) is 4.49. The molecule has 1 aliphatic carbocycles. The summed E-state index contributed by atoms with van der Waals surface area (Å²) in [7, 11) is 0. The van der Waals surface area contributed by atoms with Crippen LogP contribution in [0.5, 0.6) is 5.75 Å². The van der Waals surface area contributed by atoms with Crippen molar-refractivity contribution in [1.29, 1.82) is 0 Å². The van der Waals surface area contributed by atoms with Crippen LogP contribution in [0.2, 0.25) is 0 Å². The second kappa shape index (κ2) is 8.04. The van der Waals surface area contributed by atoms with Gasteiger partial charge in [-0.3, -0.25) is 0 Å². The Morgan fingerprint density at radius 2 is 2.10 bits per heavy atom. The first-order valence-corrected chi connectivity index (χ1v) is 8.64. The van der Waals surface area contributed by atoms with E-state index in [1.807, 2.05) is 0 Å². The molecule has 0 unspecified atom stereocenters. The van der Waals surface area contributed by atoms with Gasteiger partial charge in [0.15, 0.2) is 0 Å². The van der Waals surface area contributed by atoms with Crippen LogP contribution in [0.25, 0.3) is 0 Å². The van der Waals surface area contributed by atoms with Crippen LogP contribution in [0.15, 0.2) is 22.7 Å². The Labute approximate surface area is 131 Å². The Bertz CT molecular complexity index is 415. The third-order valence-corrected chi connectivity index (χ3v) is 4.70. The molecule has 20 heavy (non-hydrogen) atoms. The summed E-state index contributed by atoms with van der Waals surface area (Å²) in [5, 5.41) is 3.68. The first-order chi connectivity index (χ1) is 9.70. The topological polar surface area (TPSA) is 21.3 Å². The predicted molar refractivity (Wildman–Crippen MR) is 88.2 cm³/mol. The summed E-state index contributed by atoms with van der Waals surface area (Å²) < 4.78 is 6.96. The average Bonchev–Trinajstić information content (AvgIpc) is 2.98. The first kappa shape index (κ1) is 15.8. The lowest BCUT2D eigenvalue weighted by Crippen LogP contribution is -2.31. The molecule has 0 aromatic heterocycles. The number of rotatable bonds is 7. The predicted octanol–water partition coefficient (Wildman–Crippen LogP) is 4.91. The molecule has 1 aromatic carbocycles. The molecule has 0 aliphatic heterocycles. The zero-order valence-corrected chi connectivity index (χ0v) is 14.2. The normalized spacial score (nSPS) is 17.4. The van der Waals surface area contributed by atoms with Crippen molar-refractivity contribution >= 4 is 15.9 Å². The minimum absolute atomic E-state index is 0.593. The zero-order valence-electron chi connectivity index (χ0n) is 12.6. The lowest BCUT2D eigenvalue weighted by atomic mass is 9.99. The van der Waals surface area contributed by atoms with E-state index in [2.05, 4.69) is 53.3 Å². The van der Waals surface area contributed by atoms with Crippen LogP contribution in [0.4, 0.5) is 0 Å². The molecule has 1 saturated carbocycles. The van der Waals surface area contributed by atoms with E-state index in [0.29, 0.717) is 6.04 Å². The summed E-state index contributed by atoms with van der Waals surface area (Å²) >= 11 is 3.55. The highest BCUT2D eigenvalue weighted by Gasteiger charge is 2.21. The van der Waals surface area contributed by atoms with Gasteiger partial charge >= 0.3 is 0 Å². The van der Waals surface area contributed by atoms with E-state index < -0.39 is 0 Å². The molecular formula is C17H26BrNO. The first-order valence-electron chi connectivity index (χ1n) is 7.85. The third-order valence-electron chi connectivity index (χ3n) is 4.21. The van der Waals surface area contributed by atoms with Gasteiger partial charge in [-0.2, -0.15) is 0 Å². The van der Waals surface area contributed by atoms with Crippen LogP contribution >= 0.6 is 15.9 Å². The van der Waals surface area contributed by atoms with Gasteiger partial charge in [0.2, 0.25) is 0 Å². The highest BCUT2D eigenvalue weighted by atomic mass is 79.9. The van der Waals surface area contributed by atoms with Crippen molar-refractivity contribution in [2.45, 2.75) is 58.5 Å². The van der Waals surface area contributed by atoms with Gasteiger partial charge in [0.25, 0.3) is 0 Å². The van der Waals surface area contributed by atoms with Crippen molar-refractivity contribution in [2.75, 3.05) is 6.61 Å². The Morgan fingerprint density at radius 3 is 2.80 bits per heavy atom. The number of halogens is 1. The lowest BCUT2D eigenvalue weighted by Gasteiger charge is -2.21. The number of hydrogen-bond donors (Lipinski definition) is 1. The molecule has 0 amide bonds. The van der Waals surface area contributed by atoms with Gasteiger partial charge in [-0.1, -0.05) is 35.7 Å². The maximum atomic E-state index is 5.84. The molecule has 112 valence electrons. The summed E-state index contributed by atoms with van der Waals surface area (Å²) in [6.45, 7) is 6.13. The van der Waals surface area contributed by atoms with Crippen molar-refractivity contribution < 1.29 is 4.74 Å². The van der Waals surface area contributed by atoms with Crippen LogP contribution in [-0.4, -0.2) is 12.6 Å². The minimum atomic E-state index is 0.593. The van der Waals surface area contributed by atoms with Crippen molar-refractivity contribution in [3.63, 3.8) is 0 Å². The molecule has 0 heterocycles. The van der Waals surface area contributed by atoms with Gasteiger partial charge in [-0.05, 0) is 50.3 Å². The summed E-state index contributed by atoms with van der Waals surface area (Å²) in [5.74, 6) is 1.86. The fourth-order valence-corrected chi connectivity index (χ4v) is 3.34. The van der Waals surface area contributed by atoms with E-state index in [-0.39, 0.29) is 0 Å². The lowest BCUT2D eigenvalue weighted by molar-refractivity contribution is 0.310. The second-order valence-corrected chi connectivity index (χ2v) is 6.73. The van der Waals surface area contributed by atoms with Gasteiger partial charge in [0, 0.05) is 22.6 Å². The van der Waals surface area contributed by atoms with Crippen molar-refractivity contribution in [3.8, 4) is 5.75 Å². The Morgan fingerprint density at radius 1 is 1.35 bits per heavy atom. The molecule has 0 spiro atoms. The van der Waals surface area contributed by atoms with Crippen LogP contribution in [0.3, 0.4) is 0 Å². The van der Waals surface area contributed by atoms with Gasteiger partial charge in [0.05, 0.1) is 6.61 Å². The molecule has 0 bridgehead atoms. The molecule has 1 aromatic rings. The van der Waals surface area contributed by atoms with Crippen LogP contribution in [0.1, 0.15) is 51.5 Å². The molecule has 1 aliphatic rings. The standard InChI is InChI=1S/C17H26BrNO/c1-3-10-20-17-9-8-16(18)11-15(17)12-19-13(2)14-6-4-5-7-14/h8-9,11,13-14,19H,3-7,10,12H2,1-2H3/t13-/m1/s1. The van der Waals surface area contributed by atoms with E-state index in [1.54, 1.807) is 0 Å². The Balaban J connectivity index is 1.94. The molecule has 1 fully saturated rings. The Hall–Kier alpha value is -0.540. The van der Waals surface area contributed by atoms with Crippen LogP contribution in [0, 0.1) is 5.92 Å². The fraction of sp³-hybridized carbons (Fsp3) is 0.647. The number of benzene rings is 1. The molecule has 1 atom stereocenters. The summed E-state index contributed by atoms with van der Waals surface area (Å²) in [6, 6.07) is 6.88. The van der Waals surface area contributed by atoms with E-state index in [0.717, 1.165) is 35.7 Å². The highest BCUT2D eigenvalue weighted by Crippen LogP contribution is 2.28. The van der Waals surface area contributed by atoms with Crippen molar-refractivity contribution in [1.82, 2.24) is 5.32 Å². The maximum absolute atomic E-state index is 5.84. The molecule has 3 heteroatoms. The smallest absolute Gasteiger partial charge is 0.123 e. The van der Waals surface area contributed by atoms with Crippen molar-refractivity contribution in [2.24, 2.45) is 5.92 Å². The van der Waals surface area contributed by atoms with Gasteiger partial charge in [-0.15, -0.1) is 0 Å². The van der Waals surface area contributed by atoms with Gasteiger partial charge in [-0.25, -0.2) is 0 Å². The number of ether oxygens (including phenoxy) is 1. The fourth-order valence-electron chi connectivity index (χ4n) is 2.93. The molecule has 0 saturated heterocycles. The van der Waals surface area contributed by atoms with E-state index in [1.165, 1.54) is 31.2 Å². The van der Waals surface area contributed by atoms with E-state index in [4.69, 9.17) is 4.74 Å². The average molecular weight is 340 g/mol. The Kier molecular flexibility index (Phi) is 6.37. The quantitative estimate of drug-likeness (QED) is 0.762. The molecular weight excluding hydrogens is 314 g/mol. The molecule has 2 nitrogen and oxygen atoms in total. The summed E-state index contributed by atoms with van der Waals surface area (Å²) in [4.78, 5) is 0. The van der Waals surface area contributed by atoms with Crippen molar-refractivity contribution in [3.05, 3.63) is 28.2 Å². The second-order valence-electron chi connectivity index (χ2n) is 5.81. The minimum Gasteiger partial charge on any atom is -0.493 e. The van der Waals surface area contributed by atoms with Crippen LogP contribution < -0.4 is 10.1 Å². The monoisotopic (exact) mass is 339 g/mol. The number of hydrogen-bond acceptors (Lipinski definition) is 2. The molecule has 0 radical (unpaired) electrons. The SMILES string of the molecule is CCCOc1ccc(Br)cc1CN[C@H](C)C1CCCC1.